The van der Waals surface area contributed by atoms with Gasteiger partial charge in [0.2, 0.25) is 0 Å². The van der Waals surface area contributed by atoms with Crippen LogP contribution in [0.1, 0.15) is 119 Å². The molecule has 5 fully saturated rings. The van der Waals surface area contributed by atoms with Crippen LogP contribution in [0.5, 0.6) is 0 Å². The molecule has 0 saturated heterocycles. The van der Waals surface area contributed by atoms with Crippen LogP contribution in [0.25, 0.3) is 0 Å². The second kappa shape index (κ2) is 7.00. The molecule has 0 amide bonds. The minimum absolute atomic E-state index is 0.672. The van der Waals surface area contributed by atoms with Crippen LogP contribution in [0.2, 0.25) is 0 Å². The third-order valence-electron chi connectivity index (χ3n) is 12.3. The predicted octanol–water partition coefficient (Wildman–Crippen LogP) is 8.74. The van der Waals surface area contributed by atoms with E-state index in [1.807, 2.05) is 0 Å². The van der Waals surface area contributed by atoms with Crippen molar-refractivity contribution >= 4 is 0 Å². The van der Waals surface area contributed by atoms with Gasteiger partial charge in [-0.25, -0.2) is 0 Å². The van der Waals surface area contributed by atoms with E-state index in [1.165, 1.54) is 25.7 Å². The van der Waals surface area contributed by atoms with Gasteiger partial charge in [-0.15, -0.1) is 0 Å². The molecule has 0 N–H and O–H groups in total. The molecule has 0 heteroatoms. The van der Waals surface area contributed by atoms with E-state index in [0.29, 0.717) is 10.8 Å². The highest BCUT2D eigenvalue weighted by Crippen LogP contribution is 2.81. The lowest BCUT2D eigenvalue weighted by atomic mass is 9.43. The van der Waals surface area contributed by atoms with Gasteiger partial charge >= 0.3 is 0 Å². The summed E-state index contributed by atoms with van der Waals surface area (Å²) in [5, 5.41) is 0. The SMILES string of the molecule is CC(C)CCC[C@@H](C)[C@H]1CC[C@H]2[C@@H]3C[C@H]4C[C@]45C[C@@H](C)CC[C@]5(C)[C@H]3CC[C@]12C. The van der Waals surface area contributed by atoms with Gasteiger partial charge < -0.3 is 0 Å². The molecule has 0 bridgehead atoms. The molecular formula is C29H50. The number of fused-ring (bicyclic) bond motifs is 4. The molecule has 0 heterocycles. The maximum absolute atomic E-state index is 2.79. The van der Waals surface area contributed by atoms with Crippen LogP contribution >= 0.6 is 0 Å². The van der Waals surface area contributed by atoms with Crippen molar-refractivity contribution in [1.82, 2.24) is 0 Å². The van der Waals surface area contributed by atoms with Crippen LogP contribution in [0.15, 0.2) is 0 Å². The molecule has 0 nitrogen and oxygen atoms in total. The lowest BCUT2D eigenvalue weighted by molar-refractivity contribution is -0.128. The summed E-state index contributed by atoms with van der Waals surface area (Å²) in [6.07, 6.45) is 18.5. The van der Waals surface area contributed by atoms with Gasteiger partial charge in [-0.1, -0.05) is 67.2 Å². The third kappa shape index (κ3) is 2.96. The summed E-state index contributed by atoms with van der Waals surface area (Å²) < 4.78 is 0. The van der Waals surface area contributed by atoms with Gasteiger partial charge in [0.1, 0.15) is 0 Å². The van der Waals surface area contributed by atoms with Gasteiger partial charge in [0.15, 0.2) is 0 Å². The second-order valence-corrected chi connectivity index (χ2v) is 14.0. The van der Waals surface area contributed by atoms with E-state index in [2.05, 4.69) is 41.5 Å². The lowest BCUT2D eigenvalue weighted by Gasteiger charge is -2.61. The van der Waals surface area contributed by atoms with Crippen molar-refractivity contribution in [3.63, 3.8) is 0 Å². The highest BCUT2D eigenvalue weighted by atomic mass is 14.8. The first kappa shape index (κ1) is 20.9. The Morgan fingerprint density at radius 1 is 0.862 bits per heavy atom. The Morgan fingerprint density at radius 2 is 1.66 bits per heavy atom. The fourth-order valence-corrected chi connectivity index (χ4v) is 10.7. The van der Waals surface area contributed by atoms with Crippen molar-refractivity contribution < 1.29 is 0 Å². The van der Waals surface area contributed by atoms with Crippen molar-refractivity contribution in [2.75, 3.05) is 0 Å². The van der Waals surface area contributed by atoms with Gasteiger partial charge in [-0.2, -0.15) is 0 Å². The fourth-order valence-electron chi connectivity index (χ4n) is 10.7. The van der Waals surface area contributed by atoms with E-state index >= 15 is 0 Å². The van der Waals surface area contributed by atoms with E-state index in [1.54, 1.807) is 51.4 Å². The summed E-state index contributed by atoms with van der Waals surface area (Å²) in [6.45, 7) is 15.5. The van der Waals surface area contributed by atoms with Crippen molar-refractivity contribution in [3.05, 3.63) is 0 Å². The molecule has 166 valence electrons. The molecule has 5 aliphatic rings. The Bertz CT molecular complexity index is 620. The van der Waals surface area contributed by atoms with E-state index < -0.39 is 0 Å². The molecule has 1 spiro atoms. The molecule has 0 aromatic rings. The van der Waals surface area contributed by atoms with E-state index in [4.69, 9.17) is 0 Å². The van der Waals surface area contributed by atoms with Crippen molar-refractivity contribution in [2.45, 2.75) is 119 Å². The van der Waals surface area contributed by atoms with Crippen LogP contribution in [0.4, 0.5) is 0 Å². The maximum atomic E-state index is 2.79. The molecule has 0 unspecified atom stereocenters. The van der Waals surface area contributed by atoms with Gasteiger partial charge in [0.25, 0.3) is 0 Å². The van der Waals surface area contributed by atoms with E-state index in [9.17, 15) is 0 Å². The number of rotatable bonds is 5. The first-order chi connectivity index (χ1) is 13.7. The molecule has 5 saturated carbocycles. The van der Waals surface area contributed by atoms with E-state index in [-0.39, 0.29) is 0 Å². The van der Waals surface area contributed by atoms with Gasteiger partial charge in [-0.3, -0.25) is 0 Å². The average Bonchev–Trinajstić information content (AvgIpc) is 3.22. The average molecular weight is 399 g/mol. The predicted molar refractivity (Wildman–Crippen MR) is 125 cm³/mol. The fraction of sp³-hybridized carbons (Fsp3) is 1.00. The molecule has 5 rings (SSSR count). The molecule has 10 atom stereocenters. The summed E-state index contributed by atoms with van der Waals surface area (Å²) in [5.41, 5.74) is 2.17. The summed E-state index contributed by atoms with van der Waals surface area (Å²) in [7, 11) is 0. The first-order valence-electron chi connectivity index (χ1n) is 13.7. The van der Waals surface area contributed by atoms with Crippen LogP contribution in [0, 0.1) is 63.6 Å². The van der Waals surface area contributed by atoms with Crippen molar-refractivity contribution in [3.8, 4) is 0 Å². The minimum Gasteiger partial charge on any atom is -0.0628 e. The first-order valence-corrected chi connectivity index (χ1v) is 13.7. The summed E-state index contributed by atoms with van der Waals surface area (Å²) in [5.74, 6) is 8.18. The Morgan fingerprint density at radius 3 is 2.41 bits per heavy atom. The highest BCUT2D eigenvalue weighted by Gasteiger charge is 2.73. The largest absolute Gasteiger partial charge is 0.0628 e. The standard InChI is InChI=1S/C29H50/c1-19(2)8-7-9-21(4)24-10-11-25-23-16-22-18-29(22)17-20(3)12-15-28(29,6)26(23)13-14-27(24,25)5/h19-26H,7-18H2,1-6H3/t20-,21+,22-,23-,24+,25-,26-,27+,28+,29+/m0/s1. The normalized spacial score (nSPS) is 54.3. The molecule has 0 aliphatic heterocycles. The van der Waals surface area contributed by atoms with Gasteiger partial charge in [0, 0.05) is 0 Å². The zero-order valence-electron chi connectivity index (χ0n) is 20.6. The Labute approximate surface area is 182 Å². The Balaban J connectivity index is 1.33. The number of hydrogen-bond donors (Lipinski definition) is 0. The highest BCUT2D eigenvalue weighted by molar-refractivity contribution is 5.22. The van der Waals surface area contributed by atoms with Crippen molar-refractivity contribution in [2.24, 2.45) is 63.6 Å². The second-order valence-electron chi connectivity index (χ2n) is 14.0. The lowest BCUT2D eigenvalue weighted by Crippen LogP contribution is -2.54. The smallest absolute Gasteiger partial charge is 0.0207 e. The molecule has 0 radical (unpaired) electrons. The molecule has 29 heavy (non-hydrogen) atoms. The molecule has 0 aromatic heterocycles. The van der Waals surface area contributed by atoms with Gasteiger partial charge in [0.05, 0.1) is 0 Å². The molecular weight excluding hydrogens is 348 g/mol. The van der Waals surface area contributed by atoms with E-state index in [0.717, 1.165) is 52.8 Å². The van der Waals surface area contributed by atoms with Crippen LogP contribution in [-0.4, -0.2) is 0 Å². The quantitative estimate of drug-likeness (QED) is 0.434. The molecule has 5 aliphatic carbocycles. The van der Waals surface area contributed by atoms with Crippen molar-refractivity contribution in [1.29, 1.82) is 0 Å². The Hall–Kier alpha value is 0. The third-order valence-corrected chi connectivity index (χ3v) is 12.3. The zero-order valence-corrected chi connectivity index (χ0v) is 20.6. The van der Waals surface area contributed by atoms with Crippen LogP contribution < -0.4 is 0 Å². The minimum atomic E-state index is 0.672. The maximum Gasteiger partial charge on any atom is -0.0207 e. The van der Waals surface area contributed by atoms with Crippen LogP contribution in [-0.2, 0) is 0 Å². The number of hydrogen-bond acceptors (Lipinski definition) is 0. The summed E-state index contributed by atoms with van der Waals surface area (Å²) in [4.78, 5) is 0. The zero-order chi connectivity index (χ0) is 20.6. The van der Waals surface area contributed by atoms with Crippen LogP contribution in [0.3, 0.4) is 0 Å². The monoisotopic (exact) mass is 398 g/mol. The topological polar surface area (TPSA) is 0 Å². The molecule has 0 aromatic carbocycles. The summed E-state index contributed by atoms with van der Waals surface area (Å²) in [6, 6.07) is 0. The Kier molecular flexibility index (Phi) is 5.04. The van der Waals surface area contributed by atoms with Gasteiger partial charge in [-0.05, 0) is 115 Å². The summed E-state index contributed by atoms with van der Waals surface area (Å²) >= 11 is 0.